The zero-order chi connectivity index (χ0) is 21.2. The molecule has 0 fully saturated rings. The first-order valence-electron chi connectivity index (χ1n) is 9.95. The number of rotatable bonds is 8. The van der Waals surface area contributed by atoms with Crippen LogP contribution in [-0.4, -0.2) is 10.8 Å². The SMILES string of the molecule is CC(NC(=O)/C(C#N)=C\N(Cc1ccccc1)Cc1ccccc1)c1ccccc1. The Morgan fingerprint density at radius 1 is 0.900 bits per heavy atom. The van der Waals surface area contributed by atoms with Crippen LogP contribution >= 0.6 is 0 Å². The van der Waals surface area contributed by atoms with Gasteiger partial charge in [-0.15, -0.1) is 0 Å². The number of nitrogens with one attached hydrogen (secondary N) is 1. The van der Waals surface area contributed by atoms with Crippen LogP contribution in [0, 0.1) is 11.3 Å². The van der Waals surface area contributed by atoms with E-state index in [-0.39, 0.29) is 17.5 Å². The Kier molecular flexibility index (Phi) is 7.40. The van der Waals surface area contributed by atoms with Crippen LogP contribution in [0.25, 0.3) is 0 Å². The van der Waals surface area contributed by atoms with E-state index in [1.807, 2.05) is 103 Å². The molecule has 0 spiro atoms. The lowest BCUT2D eigenvalue weighted by Crippen LogP contribution is -2.29. The zero-order valence-electron chi connectivity index (χ0n) is 17.0. The molecule has 0 aliphatic heterocycles. The Labute approximate surface area is 178 Å². The average Bonchev–Trinajstić information content (AvgIpc) is 2.79. The Morgan fingerprint density at radius 3 is 1.83 bits per heavy atom. The van der Waals surface area contributed by atoms with Gasteiger partial charge in [-0.3, -0.25) is 4.79 Å². The van der Waals surface area contributed by atoms with Crippen LogP contribution in [-0.2, 0) is 17.9 Å². The maximum atomic E-state index is 12.8. The lowest BCUT2D eigenvalue weighted by Gasteiger charge is -2.22. The molecule has 0 saturated heterocycles. The number of carbonyl (C=O) groups is 1. The number of hydrogen-bond donors (Lipinski definition) is 1. The topological polar surface area (TPSA) is 56.1 Å². The smallest absolute Gasteiger partial charge is 0.263 e. The van der Waals surface area contributed by atoms with Crippen molar-refractivity contribution in [3.05, 3.63) is 119 Å². The number of hydrogen-bond acceptors (Lipinski definition) is 3. The first kappa shape index (κ1) is 20.9. The summed E-state index contributed by atoms with van der Waals surface area (Å²) in [5, 5.41) is 12.6. The van der Waals surface area contributed by atoms with Crippen LogP contribution in [0.5, 0.6) is 0 Å². The molecule has 3 aromatic rings. The van der Waals surface area contributed by atoms with Crippen molar-refractivity contribution in [3.8, 4) is 6.07 Å². The molecule has 1 unspecified atom stereocenters. The van der Waals surface area contributed by atoms with Crippen molar-refractivity contribution in [1.82, 2.24) is 10.2 Å². The predicted octanol–water partition coefficient (Wildman–Crippen LogP) is 4.97. The molecule has 0 aliphatic rings. The number of nitriles is 1. The first-order valence-corrected chi connectivity index (χ1v) is 9.95. The molecule has 150 valence electrons. The minimum atomic E-state index is -0.375. The summed E-state index contributed by atoms with van der Waals surface area (Å²) in [7, 11) is 0. The van der Waals surface area contributed by atoms with Crippen LogP contribution in [0.3, 0.4) is 0 Å². The average molecular weight is 396 g/mol. The van der Waals surface area contributed by atoms with Gasteiger partial charge in [0.2, 0.25) is 0 Å². The fraction of sp³-hybridized carbons (Fsp3) is 0.154. The maximum absolute atomic E-state index is 12.8. The summed E-state index contributed by atoms with van der Waals surface area (Å²) in [6.45, 7) is 3.11. The van der Waals surface area contributed by atoms with Gasteiger partial charge in [-0.05, 0) is 23.6 Å². The minimum Gasteiger partial charge on any atom is -0.367 e. The van der Waals surface area contributed by atoms with Gasteiger partial charge >= 0.3 is 0 Å². The van der Waals surface area contributed by atoms with Gasteiger partial charge in [-0.25, -0.2) is 0 Å². The monoisotopic (exact) mass is 395 g/mol. The molecular formula is C26H25N3O. The standard InChI is InChI=1S/C26H25N3O/c1-21(24-15-9-4-10-16-24)28-26(30)25(17-27)20-29(18-22-11-5-2-6-12-22)19-23-13-7-3-8-14-23/h2-16,20-21H,18-19H2,1H3,(H,28,30)/b25-20-. The molecule has 0 aliphatic carbocycles. The van der Waals surface area contributed by atoms with Crippen molar-refractivity contribution >= 4 is 5.91 Å². The molecular weight excluding hydrogens is 370 g/mol. The third kappa shape index (κ3) is 6.08. The summed E-state index contributed by atoms with van der Waals surface area (Å²) in [5.74, 6) is -0.375. The molecule has 30 heavy (non-hydrogen) atoms. The Balaban J connectivity index is 1.79. The zero-order valence-corrected chi connectivity index (χ0v) is 17.0. The molecule has 0 aromatic heterocycles. The molecule has 1 N–H and O–H groups in total. The van der Waals surface area contributed by atoms with Crippen LogP contribution in [0.2, 0.25) is 0 Å². The summed E-state index contributed by atoms with van der Waals surface area (Å²) < 4.78 is 0. The Morgan fingerprint density at radius 2 is 1.37 bits per heavy atom. The van der Waals surface area contributed by atoms with Gasteiger partial charge in [0.25, 0.3) is 5.91 Å². The molecule has 3 aromatic carbocycles. The van der Waals surface area contributed by atoms with E-state index in [9.17, 15) is 10.1 Å². The van der Waals surface area contributed by atoms with E-state index in [0.717, 1.165) is 16.7 Å². The molecule has 1 atom stereocenters. The van der Waals surface area contributed by atoms with Gasteiger partial charge in [0.05, 0.1) is 6.04 Å². The molecule has 1 amide bonds. The van der Waals surface area contributed by atoms with E-state index in [0.29, 0.717) is 13.1 Å². The second-order valence-corrected chi connectivity index (χ2v) is 7.14. The van der Waals surface area contributed by atoms with Crippen LogP contribution in [0.15, 0.2) is 103 Å². The third-order valence-corrected chi connectivity index (χ3v) is 4.78. The second-order valence-electron chi connectivity index (χ2n) is 7.14. The lowest BCUT2D eigenvalue weighted by molar-refractivity contribution is -0.117. The highest BCUT2D eigenvalue weighted by atomic mass is 16.1. The predicted molar refractivity (Wildman–Crippen MR) is 119 cm³/mol. The number of amides is 1. The van der Waals surface area contributed by atoms with Crippen molar-refractivity contribution in [2.75, 3.05) is 0 Å². The summed E-state index contributed by atoms with van der Waals surface area (Å²) in [5.41, 5.74) is 3.30. The molecule has 0 bridgehead atoms. The first-order chi connectivity index (χ1) is 14.7. The van der Waals surface area contributed by atoms with Crippen molar-refractivity contribution in [2.45, 2.75) is 26.1 Å². The summed E-state index contributed by atoms with van der Waals surface area (Å²) in [4.78, 5) is 14.8. The van der Waals surface area contributed by atoms with Gasteiger partial charge in [0, 0.05) is 19.3 Å². The highest BCUT2D eigenvalue weighted by Crippen LogP contribution is 2.15. The quantitative estimate of drug-likeness (QED) is 0.433. The number of carbonyl (C=O) groups excluding carboxylic acids is 1. The molecule has 4 nitrogen and oxygen atoms in total. The van der Waals surface area contributed by atoms with Crippen molar-refractivity contribution < 1.29 is 4.79 Å². The normalized spacial score (nSPS) is 11.9. The molecule has 0 saturated carbocycles. The Bertz CT molecular complexity index is 967. The van der Waals surface area contributed by atoms with Gasteiger partial charge in [-0.2, -0.15) is 5.26 Å². The van der Waals surface area contributed by atoms with E-state index in [2.05, 4.69) is 11.4 Å². The highest BCUT2D eigenvalue weighted by Gasteiger charge is 2.15. The molecule has 4 heteroatoms. The van der Waals surface area contributed by atoms with E-state index in [4.69, 9.17) is 0 Å². The van der Waals surface area contributed by atoms with E-state index < -0.39 is 0 Å². The van der Waals surface area contributed by atoms with Gasteiger partial charge in [0.1, 0.15) is 11.6 Å². The molecule has 0 radical (unpaired) electrons. The van der Waals surface area contributed by atoms with Gasteiger partial charge in [0.15, 0.2) is 0 Å². The lowest BCUT2D eigenvalue weighted by atomic mass is 10.1. The highest BCUT2D eigenvalue weighted by molar-refractivity contribution is 5.97. The van der Waals surface area contributed by atoms with Crippen LogP contribution in [0.1, 0.15) is 29.7 Å². The van der Waals surface area contributed by atoms with E-state index in [1.54, 1.807) is 6.20 Å². The third-order valence-electron chi connectivity index (χ3n) is 4.78. The summed E-state index contributed by atoms with van der Waals surface area (Å²) >= 11 is 0. The van der Waals surface area contributed by atoms with Crippen LogP contribution in [0.4, 0.5) is 0 Å². The van der Waals surface area contributed by atoms with Gasteiger partial charge < -0.3 is 10.2 Å². The maximum Gasteiger partial charge on any atom is 0.263 e. The van der Waals surface area contributed by atoms with Crippen LogP contribution < -0.4 is 5.32 Å². The fourth-order valence-corrected chi connectivity index (χ4v) is 3.20. The molecule has 3 rings (SSSR count). The minimum absolute atomic E-state index is 0.0876. The van der Waals surface area contributed by atoms with Crippen molar-refractivity contribution in [2.24, 2.45) is 0 Å². The molecule has 0 heterocycles. The largest absolute Gasteiger partial charge is 0.367 e. The summed E-state index contributed by atoms with van der Waals surface area (Å²) in [6, 6.07) is 31.6. The Hall–Kier alpha value is -3.84. The van der Waals surface area contributed by atoms with E-state index in [1.165, 1.54) is 0 Å². The number of benzene rings is 3. The fourth-order valence-electron chi connectivity index (χ4n) is 3.20. The van der Waals surface area contributed by atoms with E-state index >= 15 is 0 Å². The summed E-state index contributed by atoms with van der Waals surface area (Å²) in [6.07, 6.45) is 1.66. The van der Waals surface area contributed by atoms with Crippen molar-refractivity contribution in [1.29, 1.82) is 5.26 Å². The number of nitrogens with zero attached hydrogens (tertiary/aromatic N) is 2. The van der Waals surface area contributed by atoms with Crippen molar-refractivity contribution in [3.63, 3.8) is 0 Å². The second kappa shape index (κ2) is 10.6. The van der Waals surface area contributed by atoms with Gasteiger partial charge in [-0.1, -0.05) is 91.0 Å².